The number of rotatable bonds is 4. The van der Waals surface area contributed by atoms with Crippen LogP contribution in [0.1, 0.15) is 5.56 Å². The van der Waals surface area contributed by atoms with Gasteiger partial charge in [0.25, 0.3) is 5.56 Å². The molecule has 18 heavy (non-hydrogen) atoms. The number of benzene rings is 1. The van der Waals surface area contributed by atoms with Crippen molar-refractivity contribution in [2.24, 2.45) is 0 Å². The molecule has 94 valence electrons. The second-order valence-electron chi connectivity index (χ2n) is 3.95. The van der Waals surface area contributed by atoms with Gasteiger partial charge in [-0.05, 0) is 23.3 Å². The SMILES string of the molecule is COCn1cccc(-c2ccc(CBr)cc2)c1=O. The van der Waals surface area contributed by atoms with E-state index < -0.39 is 0 Å². The number of pyridine rings is 1. The van der Waals surface area contributed by atoms with Gasteiger partial charge in [0, 0.05) is 24.2 Å². The summed E-state index contributed by atoms with van der Waals surface area (Å²) in [4.78, 5) is 12.2. The molecule has 1 heterocycles. The Morgan fingerprint density at radius 2 is 1.94 bits per heavy atom. The van der Waals surface area contributed by atoms with Crippen LogP contribution in [0.4, 0.5) is 0 Å². The molecule has 3 nitrogen and oxygen atoms in total. The molecule has 0 aliphatic carbocycles. The Balaban J connectivity index is 2.43. The van der Waals surface area contributed by atoms with E-state index in [0.717, 1.165) is 10.9 Å². The van der Waals surface area contributed by atoms with Crippen LogP contribution in [0.5, 0.6) is 0 Å². The van der Waals surface area contributed by atoms with Crippen molar-refractivity contribution in [3.8, 4) is 11.1 Å². The summed E-state index contributed by atoms with van der Waals surface area (Å²) >= 11 is 3.40. The Bertz CT molecular complexity index is 575. The van der Waals surface area contributed by atoms with Crippen LogP contribution in [0.2, 0.25) is 0 Å². The lowest BCUT2D eigenvalue weighted by molar-refractivity contribution is 0.128. The summed E-state index contributed by atoms with van der Waals surface area (Å²) in [5.41, 5.74) is 2.77. The lowest BCUT2D eigenvalue weighted by Crippen LogP contribution is -2.21. The highest BCUT2D eigenvalue weighted by Gasteiger charge is 2.05. The largest absolute Gasteiger partial charge is 0.364 e. The molecule has 0 saturated carbocycles. The number of hydrogen-bond acceptors (Lipinski definition) is 2. The maximum atomic E-state index is 12.2. The average molecular weight is 308 g/mol. The van der Waals surface area contributed by atoms with Gasteiger partial charge < -0.3 is 4.74 Å². The zero-order chi connectivity index (χ0) is 13.0. The number of ether oxygens (including phenoxy) is 1. The van der Waals surface area contributed by atoms with Crippen LogP contribution in [0.25, 0.3) is 11.1 Å². The molecular formula is C14H14BrNO2. The first-order valence-corrected chi connectivity index (χ1v) is 6.72. The zero-order valence-corrected chi connectivity index (χ0v) is 11.7. The summed E-state index contributed by atoms with van der Waals surface area (Å²) in [5, 5.41) is 0.815. The quantitative estimate of drug-likeness (QED) is 0.813. The lowest BCUT2D eigenvalue weighted by atomic mass is 10.1. The Kier molecular flexibility index (Phi) is 4.33. The molecule has 0 spiro atoms. The second kappa shape index (κ2) is 5.98. The topological polar surface area (TPSA) is 31.2 Å². The van der Waals surface area contributed by atoms with Crippen LogP contribution in [-0.4, -0.2) is 11.7 Å². The summed E-state index contributed by atoms with van der Waals surface area (Å²) in [7, 11) is 1.57. The van der Waals surface area contributed by atoms with Crippen molar-refractivity contribution >= 4 is 15.9 Å². The first-order valence-electron chi connectivity index (χ1n) is 5.60. The monoisotopic (exact) mass is 307 g/mol. The molecule has 0 unspecified atom stereocenters. The van der Waals surface area contributed by atoms with E-state index in [1.54, 1.807) is 17.9 Å². The van der Waals surface area contributed by atoms with Gasteiger partial charge >= 0.3 is 0 Å². The van der Waals surface area contributed by atoms with E-state index in [-0.39, 0.29) is 12.3 Å². The van der Waals surface area contributed by atoms with E-state index in [0.29, 0.717) is 5.56 Å². The van der Waals surface area contributed by atoms with E-state index in [1.165, 1.54) is 5.56 Å². The standard InChI is InChI=1S/C14H14BrNO2/c1-18-10-16-8-2-3-13(14(16)17)12-6-4-11(9-15)5-7-12/h2-8H,9-10H2,1H3. The van der Waals surface area contributed by atoms with Gasteiger partial charge in [0.2, 0.25) is 0 Å². The molecule has 1 aromatic carbocycles. The van der Waals surface area contributed by atoms with Crippen LogP contribution in [-0.2, 0) is 16.8 Å². The Morgan fingerprint density at radius 1 is 1.22 bits per heavy atom. The highest BCUT2D eigenvalue weighted by Crippen LogP contribution is 2.17. The fraction of sp³-hybridized carbons (Fsp3) is 0.214. The van der Waals surface area contributed by atoms with Crippen molar-refractivity contribution in [2.75, 3.05) is 7.11 Å². The van der Waals surface area contributed by atoms with Crippen LogP contribution in [0.15, 0.2) is 47.4 Å². The van der Waals surface area contributed by atoms with E-state index in [9.17, 15) is 4.79 Å². The van der Waals surface area contributed by atoms with E-state index >= 15 is 0 Å². The molecule has 0 fully saturated rings. The average Bonchev–Trinajstić information content (AvgIpc) is 2.42. The summed E-state index contributed by atoms with van der Waals surface area (Å²) < 4.78 is 6.54. The van der Waals surface area contributed by atoms with Crippen molar-refractivity contribution in [1.82, 2.24) is 4.57 Å². The first-order chi connectivity index (χ1) is 8.76. The number of aromatic nitrogens is 1. The summed E-state index contributed by atoms with van der Waals surface area (Å²) in [6.07, 6.45) is 1.72. The molecule has 0 atom stereocenters. The molecule has 1 aromatic heterocycles. The van der Waals surface area contributed by atoms with Crippen molar-refractivity contribution in [3.63, 3.8) is 0 Å². The number of nitrogens with zero attached hydrogens (tertiary/aromatic N) is 1. The van der Waals surface area contributed by atoms with Gasteiger partial charge in [0.1, 0.15) is 6.73 Å². The van der Waals surface area contributed by atoms with Gasteiger partial charge in [0.05, 0.1) is 0 Å². The van der Waals surface area contributed by atoms with Gasteiger partial charge in [-0.3, -0.25) is 9.36 Å². The highest BCUT2D eigenvalue weighted by molar-refractivity contribution is 9.08. The smallest absolute Gasteiger partial charge is 0.260 e. The third-order valence-electron chi connectivity index (χ3n) is 2.71. The molecule has 2 rings (SSSR count). The minimum absolute atomic E-state index is 0.0362. The summed E-state index contributed by atoms with van der Waals surface area (Å²) in [6.45, 7) is 0.270. The Hall–Kier alpha value is -1.39. The Morgan fingerprint density at radius 3 is 2.56 bits per heavy atom. The van der Waals surface area contributed by atoms with Crippen molar-refractivity contribution in [3.05, 3.63) is 58.5 Å². The first kappa shape index (κ1) is 13.1. The third kappa shape index (κ3) is 2.71. The van der Waals surface area contributed by atoms with Crippen LogP contribution in [0.3, 0.4) is 0 Å². The van der Waals surface area contributed by atoms with Crippen molar-refractivity contribution < 1.29 is 4.74 Å². The maximum absolute atomic E-state index is 12.2. The fourth-order valence-electron chi connectivity index (χ4n) is 1.77. The fourth-order valence-corrected chi connectivity index (χ4v) is 2.14. The van der Waals surface area contributed by atoms with Gasteiger partial charge in [-0.2, -0.15) is 0 Å². The van der Waals surface area contributed by atoms with Crippen LogP contribution >= 0.6 is 15.9 Å². The maximum Gasteiger partial charge on any atom is 0.260 e. The zero-order valence-electron chi connectivity index (χ0n) is 10.1. The van der Waals surface area contributed by atoms with E-state index in [1.807, 2.05) is 36.4 Å². The molecule has 0 bridgehead atoms. The summed E-state index contributed by atoms with van der Waals surface area (Å²) in [6, 6.07) is 11.6. The third-order valence-corrected chi connectivity index (χ3v) is 3.36. The second-order valence-corrected chi connectivity index (χ2v) is 4.51. The number of methoxy groups -OCH3 is 1. The number of halogens is 1. The minimum Gasteiger partial charge on any atom is -0.364 e. The van der Waals surface area contributed by atoms with Gasteiger partial charge in [-0.1, -0.05) is 40.2 Å². The molecule has 0 amide bonds. The van der Waals surface area contributed by atoms with Gasteiger partial charge in [-0.15, -0.1) is 0 Å². The normalized spacial score (nSPS) is 10.6. The van der Waals surface area contributed by atoms with Crippen molar-refractivity contribution in [1.29, 1.82) is 0 Å². The van der Waals surface area contributed by atoms with Gasteiger partial charge in [-0.25, -0.2) is 0 Å². The van der Waals surface area contributed by atoms with Crippen molar-refractivity contribution in [2.45, 2.75) is 12.1 Å². The predicted molar refractivity (Wildman–Crippen MR) is 75.8 cm³/mol. The molecule has 4 heteroatoms. The highest BCUT2D eigenvalue weighted by atomic mass is 79.9. The molecule has 0 aliphatic heterocycles. The molecule has 0 aliphatic rings. The number of alkyl halides is 1. The van der Waals surface area contributed by atoms with Crippen LogP contribution < -0.4 is 5.56 Å². The Labute approximate surface area is 114 Å². The molecule has 0 N–H and O–H groups in total. The molecular weight excluding hydrogens is 294 g/mol. The number of hydrogen-bond donors (Lipinski definition) is 0. The van der Waals surface area contributed by atoms with Gasteiger partial charge in [0.15, 0.2) is 0 Å². The lowest BCUT2D eigenvalue weighted by Gasteiger charge is -2.07. The molecule has 2 aromatic rings. The van der Waals surface area contributed by atoms with Crippen LogP contribution in [0, 0.1) is 0 Å². The van der Waals surface area contributed by atoms with E-state index in [2.05, 4.69) is 15.9 Å². The molecule has 0 radical (unpaired) electrons. The predicted octanol–water partition coefficient (Wildman–Crippen LogP) is 3.01. The van der Waals surface area contributed by atoms with E-state index in [4.69, 9.17) is 4.74 Å². The summed E-state index contributed by atoms with van der Waals surface area (Å²) in [5.74, 6) is 0. The minimum atomic E-state index is -0.0362. The molecule has 0 saturated heterocycles.